The Balaban J connectivity index is 1.83. The van der Waals surface area contributed by atoms with Crippen LogP contribution in [0.15, 0.2) is 0 Å². The molecule has 1 heterocycles. The lowest BCUT2D eigenvalue weighted by Crippen LogP contribution is -2.61. The quantitative estimate of drug-likeness (QED) is 0.369. The number of ketones is 1. The van der Waals surface area contributed by atoms with Gasteiger partial charge in [-0.1, -0.05) is 47.5 Å². The fourth-order valence-electron chi connectivity index (χ4n) is 5.41. The largest absolute Gasteiger partial charge is 0.434 e. The van der Waals surface area contributed by atoms with E-state index in [0.717, 1.165) is 12.8 Å². The minimum absolute atomic E-state index is 0.0392. The normalized spacial score (nSPS) is 25.7. The Labute approximate surface area is 225 Å². The molecule has 0 unspecified atom stereocenters. The number of rotatable bonds is 9. The van der Waals surface area contributed by atoms with Crippen LogP contribution in [0.1, 0.15) is 67.7 Å². The van der Waals surface area contributed by atoms with Gasteiger partial charge >= 0.3 is 12.3 Å². The number of likely N-dealkylation sites (tertiary alicyclic amines) is 1. The van der Waals surface area contributed by atoms with Crippen LogP contribution in [0.4, 0.5) is 18.0 Å². The molecule has 0 spiro atoms. The van der Waals surface area contributed by atoms with Crippen molar-refractivity contribution in [3.63, 3.8) is 0 Å². The maximum absolute atomic E-state index is 13.8. The second-order valence-electron chi connectivity index (χ2n) is 13.2. The molecule has 0 aromatic rings. The van der Waals surface area contributed by atoms with Crippen molar-refractivity contribution in [2.24, 2.45) is 34.3 Å². The highest BCUT2D eigenvalue weighted by Crippen LogP contribution is 2.65. The van der Waals surface area contributed by atoms with Gasteiger partial charge in [-0.25, -0.2) is 4.79 Å². The summed E-state index contributed by atoms with van der Waals surface area (Å²) in [6, 6.07) is -3.44. The number of piperidine rings is 1. The summed E-state index contributed by atoms with van der Waals surface area (Å²) in [5, 5.41) is 4.92. The summed E-state index contributed by atoms with van der Waals surface area (Å²) in [6.07, 6.45) is -4.27. The SMILES string of the molecule is CC(C)(C)[C@H](NC(=O)OC(C)(C)C(F)(F)F)C(=O)N1C[C@H]2[C@@H]([C@H]1C(=O)N[C@H](CC1CC1)C(=O)C(N)=O)C2(C)C. The molecule has 39 heavy (non-hydrogen) atoms. The number of halogens is 3. The van der Waals surface area contributed by atoms with E-state index in [1.54, 1.807) is 20.8 Å². The summed E-state index contributed by atoms with van der Waals surface area (Å²) in [7, 11) is 0. The number of nitrogens with zero attached hydrogens (tertiary/aromatic N) is 1. The van der Waals surface area contributed by atoms with Crippen molar-refractivity contribution in [2.45, 2.75) is 97.6 Å². The maximum atomic E-state index is 13.8. The molecule has 3 fully saturated rings. The van der Waals surface area contributed by atoms with E-state index in [1.807, 2.05) is 13.8 Å². The molecule has 0 aromatic carbocycles. The van der Waals surface area contributed by atoms with Gasteiger partial charge in [-0.2, -0.15) is 13.2 Å². The van der Waals surface area contributed by atoms with Crippen molar-refractivity contribution >= 4 is 29.6 Å². The Morgan fingerprint density at radius 1 is 1.03 bits per heavy atom. The summed E-state index contributed by atoms with van der Waals surface area (Å²) in [6.45, 7) is 10.4. The molecule has 2 aliphatic carbocycles. The number of carbonyl (C=O) groups excluding carboxylic acids is 5. The van der Waals surface area contributed by atoms with Crippen LogP contribution in [0.5, 0.6) is 0 Å². The second-order valence-corrected chi connectivity index (χ2v) is 13.2. The first-order chi connectivity index (χ1) is 17.6. The van der Waals surface area contributed by atoms with Crippen molar-refractivity contribution in [3.8, 4) is 0 Å². The lowest BCUT2D eigenvalue weighted by atomic mass is 9.85. The van der Waals surface area contributed by atoms with Gasteiger partial charge in [0.1, 0.15) is 12.1 Å². The molecule has 13 heteroatoms. The standard InChI is InChI=1S/C26H39F3N4O6/c1-23(2,3)18(32-22(38)39-25(6,7)26(27,28)29)21(37)33-11-13-15(24(13,4)5)16(33)20(36)31-14(10-12-8-9-12)17(34)19(30)35/h12-16,18H,8-11H2,1-7H3,(H2,30,35)(H,31,36)(H,32,38)/t13-,14+,15-,16-,18+/m0/s1. The highest BCUT2D eigenvalue weighted by atomic mass is 19.4. The van der Waals surface area contributed by atoms with Gasteiger partial charge < -0.3 is 26.0 Å². The third kappa shape index (κ3) is 6.32. The summed E-state index contributed by atoms with van der Waals surface area (Å²) in [4.78, 5) is 65.2. The van der Waals surface area contributed by atoms with E-state index in [4.69, 9.17) is 5.73 Å². The number of amides is 4. The molecule has 2 saturated carbocycles. The topological polar surface area (TPSA) is 148 Å². The number of nitrogens with two attached hydrogens (primary N) is 1. The van der Waals surface area contributed by atoms with Crippen molar-refractivity contribution < 1.29 is 41.9 Å². The fraction of sp³-hybridized carbons (Fsp3) is 0.808. The Hall–Kier alpha value is -2.86. The first-order valence-electron chi connectivity index (χ1n) is 13.1. The average molecular weight is 561 g/mol. The number of Topliss-reactive ketones (excluding diaryl/α,β-unsaturated/α-hetero) is 1. The van der Waals surface area contributed by atoms with Crippen molar-refractivity contribution in [2.75, 3.05) is 6.54 Å². The van der Waals surface area contributed by atoms with Crippen LogP contribution >= 0.6 is 0 Å². The van der Waals surface area contributed by atoms with E-state index in [0.29, 0.717) is 13.8 Å². The van der Waals surface area contributed by atoms with Crippen LogP contribution < -0.4 is 16.4 Å². The number of alkyl carbamates (subject to hydrolysis) is 1. The molecule has 1 aliphatic heterocycles. The van der Waals surface area contributed by atoms with Gasteiger partial charge in [-0.15, -0.1) is 0 Å². The number of ether oxygens (including phenoxy) is 1. The molecule has 3 aliphatic rings. The van der Waals surface area contributed by atoms with E-state index >= 15 is 0 Å². The van der Waals surface area contributed by atoms with Crippen LogP contribution in [-0.2, 0) is 23.9 Å². The zero-order valence-electron chi connectivity index (χ0n) is 23.4. The zero-order valence-corrected chi connectivity index (χ0v) is 23.4. The van der Waals surface area contributed by atoms with E-state index in [-0.39, 0.29) is 36.1 Å². The van der Waals surface area contributed by atoms with Crippen LogP contribution in [0, 0.1) is 28.6 Å². The summed E-state index contributed by atoms with van der Waals surface area (Å²) in [5.41, 5.74) is 1.16. The van der Waals surface area contributed by atoms with Crippen LogP contribution in [0.2, 0.25) is 0 Å². The van der Waals surface area contributed by atoms with E-state index in [2.05, 4.69) is 15.4 Å². The van der Waals surface area contributed by atoms with Gasteiger partial charge in [0.25, 0.3) is 5.91 Å². The predicted octanol–water partition coefficient (Wildman–Crippen LogP) is 2.29. The van der Waals surface area contributed by atoms with Gasteiger partial charge in [-0.3, -0.25) is 19.2 Å². The Morgan fingerprint density at radius 2 is 1.59 bits per heavy atom. The van der Waals surface area contributed by atoms with Crippen molar-refractivity contribution in [1.82, 2.24) is 15.5 Å². The molecule has 3 rings (SSSR count). The van der Waals surface area contributed by atoms with Crippen LogP contribution in [0.25, 0.3) is 0 Å². The minimum atomic E-state index is -4.84. The van der Waals surface area contributed by atoms with Crippen molar-refractivity contribution in [1.29, 1.82) is 0 Å². The number of nitrogens with one attached hydrogen (secondary N) is 2. The van der Waals surface area contributed by atoms with E-state index < -0.39 is 64.9 Å². The Morgan fingerprint density at radius 3 is 2.05 bits per heavy atom. The van der Waals surface area contributed by atoms with Gasteiger partial charge in [0.2, 0.25) is 23.2 Å². The van der Waals surface area contributed by atoms with Crippen LogP contribution in [-0.4, -0.2) is 70.9 Å². The number of alkyl halides is 3. The first kappa shape index (κ1) is 30.7. The number of carbonyl (C=O) groups is 5. The maximum Gasteiger partial charge on any atom is 0.427 e. The number of primary amides is 1. The smallest absolute Gasteiger partial charge is 0.427 e. The molecular formula is C26H39F3N4O6. The third-order valence-corrected chi connectivity index (χ3v) is 8.31. The molecule has 4 N–H and O–H groups in total. The average Bonchev–Trinajstić information content (AvgIpc) is 3.61. The lowest BCUT2D eigenvalue weighted by molar-refractivity contribution is -0.244. The van der Waals surface area contributed by atoms with Crippen LogP contribution in [0.3, 0.4) is 0 Å². The zero-order chi connectivity index (χ0) is 29.9. The lowest BCUT2D eigenvalue weighted by Gasteiger charge is -2.38. The molecule has 0 aromatic heterocycles. The first-order valence-corrected chi connectivity index (χ1v) is 13.1. The molecule has 0 radical (unpaired) electrons. The van der Waals surface area contributed by atoms with E-state index in [9.17, 15) is 37.1 Å². The number of fused-ring (bicyclic) bond motifs is 1. The highest BCUT2D eigenvalue weighted by molar-refractivity contribution is 6.37. The van der Waals surface area contributed by atoms with E-state index in [1.165, 1.54) is 4.90 Å². The molecule has 10 nitrogen and oxygen atoms in total. The molecule has 1 saturated heterocycles. The van der Waals surface area contributed by atoms with Gasteiger partial charge in [0.15, 0.2) is 0 Å². The molecule has 4 amide bonds. The number of hydrogen-bond donors (Lipinski definition) is 3. The summed E-state index contributed by atoms with van der Waals surface area (Å²) >= 11 is 0. The monoisotopic (exact) mass is 560 g/mol. The minimum Gasteiger partial charge on any atom is -0.434 e. The third-order valence-electron chi connectivity index (χ3n) is 8.31. The molecular weight excluding hydrogens is 521 g/mol. The van der Waals surface area contributed by atoms with Crippen molar-refractivity contribution in [3.05, 3.63) is 0 Å². The van der Waals surface area contributed by atoms with Gasteiger partial charge in [0.05, 0.1) is 6.04 Å². The Kier molecular flexibility index (Phi) is 7.83. The van der Waals surface area contributed by atoms with Gasteiger partial charge in [0, 0.05) is 6.54 Å². The summed E-state index contributed by atoms with van der Waals surface area (Å²) in [5.74, 6) is -3.45. The van der Waals surface area contributed by atoms with Gasteiger partial charge in [-0.05, 0) is 48.9 Å². The number of hydrogen-bond acceptors (Lipinski definition) is 6. The summed E-state index contributed by atoms with van der Waals surface area (Å²) < 4.78 is 44.4. The fourth-order valence-corrected chi connectivity index (χ4v) is 5.41. The predicted molar refractivity (Wildman–Crippen MR) is 133 cm³/mol. The highest BCUT2D eigenvalue weighted by Gasteiger charge is 2.70. The Bertz CT molecular complexity index is 1050. The molecule has 220 valence electrons. The second kappa shape index (κ2) is 9.96. The molecule has 0 bridgehead atoms. The molecule has 5 atom stereocenters.